The molecule has 0 spiro atoms. The number of methoxy groups -OCH3 is 1. The van der Waals surface area contributed by atoms with Gasteiger partial charge in [0.1, 0.15) is 0 Å². The van der Waals surface area contributed by atoms with Gasteiger partial charge in [0.25, 0.3) is 0 Å². The lowest BCUT2D eigenvalue weighted by atomic mass is 9.97. The Morgan fingerprint density at radius 2 is 2.08 bits per heavy atom. The maximum Gasteiger partial charge on any atom is 0.312 e. The van der Waals surface area contributed by atoms with Crippen molar-refractivity contribution in [2.24, 2.45) is 0 Å². The second kappa shape index (κ2) is 9.33. The van der Waals surface area contributed by atoms with Crippen molar-refractivity contribution < 1.29 is 19.4 Å². The molecule has 1 aromatic carbocycles. The molecule has 1 unspecified atom stereocenters. The molecule has 2 rings (SSSR count). The Morgan fingerprint density at radius 3 is 2.71 bits per heavy atom. The van der Waals surface area contributed by atoms with E-state index < -0.39 is 11.9 Å². The van der Waals surface area contributed by atoms with Gasteiger partial charge >= 0.3 is 5.97 Å². The molecule has 0 radical (unpaired) electrons. The fourth-order valence-corrected chi connectivity index (χ4v) is 3.35. The molecule has 0 amide bonds. The summed E-state index contributed by atoms with van der Waals surface area (Å²) in [7, 11) is 1.60. The van der Waals surface area contributed by atoms with Crippen molar-refractivity contribution in [2.75, 3.05) is 13.7 Å². The summed E-state index contributed by atoms with van der Waals surface area (Å²) in [5, 5.41) is 11.4. The minimum atomic E-state index is -0.809. The lowest BCUT2D eigenvalue weighted by Gasteiger charge is -2.14. The van der Waals surface area contributed by atoms with Gasteiger partial charge in [0.15, 0.2) is 11.5 Å². The molecule has 4 nitrogen and oxygen atoms in total. The zero-order valence-electron chi connectivity index (χ0n) is 14.2. The molecule has 2 aromatic rings. The van der Waals surface area contributed by atoms with Crippen LogP contribution in [0.4, 0.5) is 0 Å². The molecular weight excluding hydrogens is 324 g/mol. The molecule has 130 valence electrons. The highest BCUT2D eigenvalue weighted by Crippen LogP contribution is 2.32. The van der Waals surface area contributed by atoms with Gasteiger partial charge < -0.3 is 14.6 Å². The molecule has 0 fully saturated rings. The van der Waals surface area contributed by atoms with Gasteiger partial charge in [-0.25, -0.2) is 0 Å². The number of unbranched alkanes of at least 4 members (excludes halogenated alkanes) is 2. The predicted octanol–water partition coefficient (Wildman–Crippen LogP) is 4.74. The first kappa shape index (κ1) is 18.3. The molecule has 1 atom stereocenters. The zero-order chi connectivity index (χ0) is 17.4. The van der Waals surface area contributed by atoms with Gasteiger partial charge in [-0.2, -0.15) is 0 Å². The summed E-state index contributed by atoms with van der Waals surface area (Å²) in [5.74, 6) is 0.0157. The van der Waals surface area contributed by atoms with Crippen LogP contribution in [-0.2, 0) is 11.2 Å². The first-order valence-corrected chi connectivity index (χ1v) is 9.09. The normalized spacial score (nSPS) is 11.9. The van der Waals surface area contributed by atoms with Crippen molar-refractivity contribution in [3.8, 4) is 11.5 Å². The summed E-state index contributed by atoms with van der Waals surface area (Å²) in [6.45, 7) is 2.82. The summed E-state index contributed by atoms with van der Waals surface area (Å²) in [4.78, 5) is 12.4. The molecule has 24 heavy (non-hydrogen) atoms. The van der Waals surface area contributed by atoms with E-state index in [4.69, 9.17) is 9.47 Å². The standard InChI is InChI=1S/C19H24O4S/c1-3-4-5-10-23-16-9-8-14(13-17(16)22-2)12-15(19(20)21)18-7-6-11-24-18/h6-9,11,13,15H,3-5,10,12H2,1-2H3,(H,20,21). The van der Waals surface area contributed by atoms with Crippen LogP contribution >= 0.6 is 11.3 Å². The van der Waals surface area contributed by atoms with E-state index in [1.54, 1.807) is 7.11 Å². The number of carboxylic acids is 1. The fourth-order valence-electron chi connectivity index (χ4n) is 2.53. The highest BCUT2D eigenvalue weighted by atomic mass is 32.1. The quantitative estimate of drug-likeness (QED) is 0.630. The number of hydrogen-bond donors (Lipinski definition) is 1. The molecule has 0 bridgehead atoms. The topological polar surface area (TPSA) is 55.8 Å². The van der Waals surface area contributed by atoms with Gasteiger partial charge in [-0.1, -0.05) is 31.9 Å². The molecule has 1 heterocycles. The molecule has 1 N–H and O–H groups in total. The molecule has 0 aliphatic heterocycles. The molecular formula is C19H24O4S. The van der Waals surface area contributed by atoms with Crippen LogP contribution in [0.3, 0.4) is 0 Å². The average Bonchev–Trinajstić information content (AvgIpc) is 3.11. The van der Waals surface area contributed by atoms with E-state index in [2.05, 4.69) is 6.92 Å². The summed E-state index contributed by atoms with van der Waals surface area (Å²) in [5.41, 5.74) is 0.925. The van der Waals surface area contributed by atoms with E-state index in [1.807, 2.05) is 35.7 Å². The highest BCUT2D eigenvalue weighted by molar-refractivity contribution is 7.10. The van der Waals surface area contributed by atoms with E-state index in [0.717, 1.165) is 29.7 Å². The van der Waals surface area contributed by atoms with Crippen molar-refractivity contribution in [2.45, 2.75) is 38.5 Å². The maximum absolute atomic E-state index is 11.6. The minimum absolute atomic E-state index is 0.433. The van der Waals surface area contributed by atoms with E-state index in [1.165, 1.54) is 11.3 Å². The van der Waals surface area contributed by atoms with Gasteiger partial charge in [-0.3, -0.25) is 4.79 Å². The fraction of sp³-hybridized carbons (Fsp3) is 0.421. The van der Waals surface area contributed by atoms with E-state index >= 15 is 0 Å². The van der Waals surface area contributed by atoms with E-state index in [9.17, 15) is 9.90 Å². The lowest BCUT2D eigenvalue weighted by Crippen LogP contribution is -2.13. The third-order valence-electron chi connectivity index (χ3n) is 3.86. The van der Waals surface area contributed by atoms with Crippen LogP contribution in [-0.4, -0.2) is 24.8 Å². The van der Waals surface area contributed by atoms with Crippen LogP contribution in [0.2, 0.25) is 0 Å². The summed E-state index contributed by atoms with van der Waals surface area (Å²) in [6, 6.07) is 9.41. The van der Waals surface area contributed by atoms with Crippen LogP contribution in [0.15, 0.2) is 35.7 Å². The van der Waals surface area contributed by atoms with Gasteiger partial charge in [0, 0.05) is 4.88 Å². The number of thiophene rings is 1. The number of hydrogen-bond acceptors (Lipinski definition) is 4. The van der Waals surface area contributed by atoms with Crippen LogP contribution < -0.4 is 9.47 Å². The highest BCUT2D eigenvalue weighted by Gasteiger charge is 2.22. The number of ether oxygens (including phenoxy) is 2. The van der Waals surface area contributed by atoms with Gasteiger partial charge in [-0.05, 0) is 42.0 Å². The zero-order valence-corrected chi connectivity index (χ0v) is 15.0. The van der Waals surface area contributed by atoms with Crippen molar-refractivity contribution in [3.63, 3.8) is 0 Å². The minimum Gasteiger partial charge on any atom is -0.493 e. The number of carbonyl (C=O) groups is 1. The van der Waals surface area contributed by atoms with Crippen molar-refractivity contribution in [3.05, 3.63) is 46.2 Å². The molecule has 0 saturated heterocycles. The van der Waals surface area contributed by atoms with Gasteiger partial charge in [0.2, 0.25) is 0 Å². The largest absolute Gasteiger partial charge is 0.493 e. The second-order valence-corrected chi connectivity index (χ2v) is 6.63. The molecule has 0 aliphatic carbocycles. The number of carboxylic acid groups (broad SMARTS) is 1. The monoisotopic (exact) mass is 348 g/mol. The van der Waals surface area contributed by atoms with E-state index in [-0.39, 0.29) is 0 Å². The Balaban J connectivity index is 2.09. The third-order valence-corrected chi connectivity index (χ3v) is 4.84. The Kier molecular flexibility index (Phi) is 7.12. The van der Waals surface area contributed by atoms with Gasteiger partial charge in [0.05, 0.1) is 19.6 Å². The summed E-state index contributed by atoms with van der Waals surface area (Å²) >= 11 is 1.47. The molecule has 5 heteroatoms. The molecule has 1 aromatic heterocycles. The van der Waals surface area contributed by atoms with Crippen LogP contribution in [0.1, 0.15) is 42.5 Å². The average molecular weight is 348 g/mol. The van der Waals surface area contributed by atoms with Crippen molar-refractivity contribution in [1.82, 2.24) is 0 Å². The molecule has 0 saturated carbocycles. The van der Waals surface area contributed by atoms with Crippen molar-refractivity contribution in [1.29, 1.82) is 0 Å². The van der Waals surface area contributed by atoms with Crippen molar-refractivity contribution >= 4 is 17.3 Å². The van der Waals surface area contributed by atoms with Crippen LogP contribution in [0.5, 0.6) is 11.5 Å². The summed E-state index contributed by atoms with van der Waals surface area (Å²) in [6.07, 6.45) is 3.74. The van der Waals surface area contributed by atoms with Gasteiger partial charge in [-0.15, -0.1) is 11.3 Å². The lowest BCUT2D eigenvalue weighted by molar-refractivity contribution is -0.138. The predicted molar refractivity (Wildman–Crippen MR) is 96.4 cm³/mol. The second-order valence-electron chi connectivity index (χ2n) is 5.65. The number of aliphatic carboxylic acids is 1. The number of benzene rings is 1. The number of rotatable bonds is 10. The SMILES string of the molecule is CCCCCOc1ccc(CC(C(=O)O)c2cccs2)cc1OC. The van der Waals surface area contributed by atoms with Crippen LogP contribution in [0.25, 0.3) is 0 Å². The Bertz CT molecular complexity index is 637. The third kappa shape index (κ3) is 4.99. The first-order chi connectivity index (χ1) is 11.7. The smallest absolute Gasteiger partial charge is 0.312 e. The Hall–Kier alpha value is -2.01. The Morgan fingerprint density at radius 1 is 1.25 bits per heavy atom. The summed E-state index contributed by atoms with van der Waals surface area (Å²) < 4.78 is 11.2. The Labute approximate surface area is 147 Å². The van der Waals surface area contributed by atoms with Crippen LogP contribution in [0, 0.1) is 0 Å². The molecule has 0 aliphatic rings. The maximum atomic E-state index is 11.6. The first-order valence-electron chi connectivity index (χ1n) is 8.21. The van der Waals surface area contributed by atoms with E-state index in [0.29, 0.717) is 24.5 Å².